The number of nitriles is 1. The monoisotopic (exact) mass is 436 g/mol. The molecular formula is C24H28N4O4. The van der Waals surface area contributed by atoms with E-state index in [1.165, 1.54) is 6.20 Å². The molecule has 0 spiro atoms. The van der Waals surface area contributed by atoms with Gasteiger partial charge in [-0.05, 0) is 23.6 Å². The molecule has 4 aliphatic rings. The average Bonchev–Trinajstić information content (AvgIpc) is 3.32. The number of carbonyl (C=O) groups excluding carboxylic acids is 1. The number of esters is 1. The largest absolute Gasteiger partial charge is 0.462 e. The van der Waals surface area contributed by atoms with Gasteiger partial charge in [-0.25, -0.2) is 4.79 Å². The Morgan fingerprint density at radius 2 is 2.06 bits per heavy atom. The van der Waals surface area contributed by atoms with Crippen LogP contribution in [0.1, 0.15) is 24.3 Å². The molecule has 0 aromatic carbocycles. The van der Waals surface area contributed by atoms with Gasteiger partial charge < -0.3 is 14.9 Å². The highest BCUT2D eigenvalue weighted by atomic mass is 16.5. The van der Waals surface area contributed by atoms with E-state index in [1.807, 2.05) is 18.2 Å². The summed E-state index contributed by atoms with van der Waals surface area (Å²) in [5, 5.41) is 30.4. The lowest BCUT2D eigenvalue weighted by atomic mass is 9.78. The van der Waals surface area contributed by atoms with Gasteiger partial charge in [0.05, 0.1) is 24.0 Å². The van der Waals surface area contributed by atoms with Gasteiger partial charge in [0.15, 0.2) is 0 Å². The van der Waals surface area contributed by atoms with Gasteiger partial charge in [0.1, 0.15) is 12.2 Å². The van der Waals surface area contributed by atoms with Crippen LogP contribution in [-0.2, 0) is 9.53 Å². The smallest absolute Gasteiger partial charge is 0.334 e. The number of aromatic nitrogens is 1. The highest BCUT2D eigenvalue weighted by molar-refractivity contribution is 5.92. The molecule has 3 aliphatic heterocycles. The fraction of sp³-hybridized carbons (Fsp3) is 0.542. The third-order valence-corrected chi connectivity index (χ3v) is 7.51. The topological polar surface area (TPSA) is 110 Å². The number of fused-ring (bicyclic) bond motifs is 2. The first kappa shape index (κ1) is 21.3. The summed E-state index contributed by atoms with van der Waals surface area (Å²) >= 11 is 0. The highest BCUT2D eigenvalue weighted by Crippen LogP contribution is 2.38. The van der Waals surface area contributed by atoms with Crippen LogP contribution in [0.4, 0.5) is 0 Å². The molecule has 6 atom stereocenters. The molecule has 1 aromatic rings. The number of rotatable bonds is 6. The summed E-state index contributed by atoms with van der Waals surface area (Å²) in [6.45, 7) is 6.28. The molecule has 2 N–H and O–H groups in total. The quantitative estimate of drug-likeness (QED) is 0.626. The van der Waals surface area contributed by atoms with Crippen molar-refractivity contribution >= 4 is 5.97 Å². The van der Waals surface area contributed by atoms with E-state index in [1.54, 1.807) is 12.1 Å². The Morgan fingerprint density at radius 1 is 1.22 bits per heavy atom. The molecule has 3 saturated heterocycles. The number of nitrogens with zero attached hydrogens (tertiary/aromatic N) is 4. The van der Waals surface area contributed by atoms with Crippen molar-refractivity contribution in [1.29, 1.82) is 5.26 Å². The number of hydrogen-bond acceptors (Lipinski definition) is 8. The Balaban J connectivity index is 1.15. The van der Waals surface area contributed by atoms with Gasteiger partial charge in [-0.3, -0.25) is 14.8 Å². The Kier molecular flexibility index (Phi) is 5.59. The molecule has 8 heteroatoms. The van der Waals surface area contributed by atoms with Gasteiger partial charge in [0, 0.05) is 62.4 Å². The van der Waals surface area contributed by atoms with E-state index in [-0.39, 0.29) is 17.8 Å². The lowest BCUT2D eigenvalue weighted by Crippen LogP contribution is -2.56. The zero-order chi connectivity index (χ0) is 22.4. The first-order chi connectivity index (χ1) is 15.4. The summed E-state index contributed by atoms with van der Waals surface area (Å²) in [6.07, 6.45) is 3.94. The van der Waals surface area contributed by atoms with Crippen LogP contribution in [0.3, 0.4) is 0 Å². The number of β-amino-alcohol motifs (C(OH)–C–C–N with tert-alkyl or cyclic N) is 2. The minimum atomic E-state index is -0.686. The summed E-state index contributed by atoms with van der Waals surface area (Å²) < 4.78 is 5.18. The van der Waals surface area contributed by atoms with Crippen LogP contribution in [0.2, 0.25) is 0 Å². The second-order valence-corrected chi connectivity index (χ2v) is 9.40. The first-order valence-electron chi connectivity index (χ1n) is 11.2. The Morgan fingerprint density at radius 3 is 2.81 bits per heavy atom. The molecule has 5 unspecified atom stereocenters. The number of allylic oxidation sites excluding steroid dienone is 2. The molecule has 32 heavy (non-hydrogen) atoms. The van der Waals surface area contributed by atoms with Gasteiger partial charge in [-0.15, -0.1) is 0 Å². The van der Waals surface area contributed by atoms with Crippen LogP contribution in [0.15, 0.2) is 41.6 Å². The number of aliphatic hydroxyl groups is 2. The number of pyridine rings is 1. The Labute approximate surface area is 187 Å². The third-order valence-electron chi connectivity index (χ3n) is 7.51. The number of ether oxygens (including phenoxy) is 1. The molecule has 168 valence electrons. The molecule has 5 rings (SSSR count). The fourth-order valence-corrected chi connectivity index (χ4v) is 5.61. The zero-order valence-electron chi connectivity index (χ0n) is 18.1. The van der Waals surface area contributed by atoms with Gasteiger partial charge in [-0.2, -0.15) is 5.26 Å². The van der Waals surface area contributed by atoms with Gasteiger partial charge in [0.2, 0.25) is 0 Å². The molecule has 1 aliphatic carbocycles. The summed E-state index contributed by atoms with van der Waals surface area (Å²) in [5.74, 6) is 0.441. The number of likely N-dealkylation sites (tertiary alicyclic amines) is 2. The van der Waals surface area contributed by atoms with Crippen molar-refractivity contribution < 1.29 is 19.7 Å². The molecule has 0 amide bonds. The number of cyclic esters (lactones) is 1. The molecule has 3 fully saturated rings. The second kappa shape index (κ2) is 8.41. The van der Waals surface area contributed by atoms with Crippen LogP contribution in [-0.4, -0.2) is 82.4 Å². The lowest BCUT2D eigenvalue weighted by molar-refractivity contribution is -0.135. The van der Waals surface area contributed by atoms with E-state index < -0.39 is 12.2 Å². The van der Waals surface area contributed by atoms with Gasteiger partial charge >= 0.3 is 5.97 Å². The van der Waals surface area contributed by atoms with Crippen molar-refractivity contribution in [2.45, 2.75) is 25.2 Å². The molecule has 0 radical (unpaired) electrons. The van der Waals surface area contributed by atoms with E-state index in [2.05, 4.69) is 21.7 Å². The highest BCUT2D eigenvalue weighted by Gasteiger charge is 2.46. The molecule has 4 heterocycles. The second-order valence-electron chi connectivity index (χ2n) is 9.40. The maximum atomic E-state index is 11.8. The molecule has 0 saturated carbocycles. The molecule has 1 aromatic heterocycles. The Hall–Kier alpha value is -2.57. The normalized spacial score (nSPS) is 31.5. The van der Waals surface area contributed by atoms with E-state index in [4.69, 9.17) is 10.00 Å². The predicted molar refractivity (Wildman–Crippen MR) is 115 cm³/mol. The first-order valence-corrected chi connectivity index (χ1v) is 11.2. The fourth-order valence-electron chi connectivity index (χ4n) is 5.61. The SMILES string of the molecule is CC1C([C@@H](O)CN2CC3CN(CC(O)c4ccc(C#N)cn4)C3C2)=CC=C2C(=O)OCC21. The summed E-state index contributed by atoms with van der Waals surface area (Å²) in [6, 6.07) is 5.80. The van der Waals surface area contributed by atoms with E-state index in [0.717, 1.165) is 30.8 Å². The molecule has 8 nitrogen and oxygen atoms in total. The van der Waals surface area contributed by atoms with Crippen molar-refractivity contribution in [3.05, 3.63) is 52.9 Å². The van der Waals surface area contributed by atoms with Crippen LogP contribution in [0.5, 0.6) is 0 Å². The summed E-state index contributed by atoms with van der Waals surface area (Å²) in [7, 11) is 0. The third kappa shape index (κ3) is 3.76. The van der Waals surface area contributed by atoms with Crippen molar-refractivity contribution in [1.82, 2.24) is 14.8 Å². The van der Waals surface area contributed by atoms with Crippen molar-refractivity contribution in [3.8, 4) is 6.07 Å². The lowest BCUT2D eigenvalue weighted by Gasteiger charge is -2.44. The maximum absolute atomic E-state index is 11.8. The zero-order valence-corrected chi connectivity index (χ0v) is 18.1. The minimum absolute atomic E-state index is 0.0414. The standard InChI is InChI=1S/C24H28N4O4/c1-14-17(3-4-18-19(14)13-32-24(18)31)22(29)11-27-8-16-9-28(21(16)10-27)12-23(30)20-5-2-15(6-25)7-26-20/h2-5,7,14,16,19,21-23,29-30H,8-13H2,1H3/t14?,16?,19?,21?,22-,23?/m0/s1. The van der Waals surface area contributed by atoms with Crippen LogP contribution in [0, 0.1) is 29.1 Å². The van der Waals surface area contributed by atoms with Gasteiger partial charge in [-0.1, -0.05) is 19.1 Å². The molecular weight excluding hydrogens is 408 g/mol. The van der Waals surface area contributed by atoms with E-state index in [0.29, 0.717) is 42.9 Å². The predicted octanol–water partition coefficient (Wildman–Crippen LogP) is 0.639. The molecule has 0 bridgehead atoms. The van der Waals surface area contributed by atoms with Crippen molar-refractivity contribution in [2.75, 3.05) is 39.3 Å². The number of aliphatic hydroxyl groups excluding tert-OH is 2. The van der Waals surface area contributed by atoms with Crippen molar-refractivity contribution in [2.24, 2.45) is 17.8 Å². The van der Waals surface area contributed by atoms with Crippen LogP contribution >= 0.6 is 0 Å². The van der Waals surface area contributed by atoms with Crippen molar-refractivity contribution in [3.63, 3.8) is 0 Å². The van der Waals surface area contributed by atoms with Crippen LogP contribution < -0.4 is 0 Å². The van der Waals surface area contributed by atoms with E-state index in [9.17, 15) is 15.0 Å². The summed E-state index contributed by atoms with van der Waals surface area (Å²) in [5.41, 5.74) is 2.75. The Bertz CT molecular complexity index is 998. The minimum Gasteiger partial charge on any atom is -0.462 e. The average molecular weight is 437 g/mol. The van der Waals surface area contributed by atoms with E-state index >= 15 is 0 Å². The number of carbonyl (C=O) groups is 1. The van der Waals surface area contributed by atoms with Crippen LogP contribution in [0.25, 0.3) is 0 Å². The van der Waals surface area contributed by atoms with Gasteiger partial charge in [0.25, 0.3) is 0 Å². The maximum Gasteiger partial charge on any atom is 0.334 e. The summed E-state index contributed by atoms with van der Waals surface area (Å²) in [4.78, 5) is 20.6. The number of hydrogen-bond donors (Lipinski definition) is 2.